The lowest BCUT2D eigenvalue weighted by Gasteiger charge is -2.30. The van der Waals surface area contributed by atoms with Crippen molar-refractivity contribution in [2.24, 2.45) is 7.05 Å². The molecule has 37 heavy (non-hydrogen) atoms. The lowest BCUT2D eigenvalue weighted by molar-refractivity contribution is 0.162. The highest BCUT2D eigenvalue weighted by Crippen LogP contribution is 2.34. The molecule has 3 heterocycles. The van der Waals surface area contributed by atoms with Gasteiger partial charge in [-0.05, 0) is 37.6 Å². The standard InChI is InChI=1S/C27H32N6O3.ClH/c1-31-17-19(15-29-31)27-16-28-25-7-6-20(13-26(25)30-27)33(10-9-32-8-4-5-21(32)18-34)22-11-23(35-2)14-24(12-22)36-3;/h6-7,11-17,21,34H,4-5,8-10,18H2,1-3H3;1H/t21-;/m0./s1. The first kappa shape index (κ1) is 26.7. The van der Waals surface area contributed by atoms with E-state index in [1.807, 2.05) is 37.5 Å². The van der Waals surface area contributed by atoms with E-state index in [1.54, 1.807) is 31.3 Å². The molecule has 1 N–H and O–H groups in total. The quantitative estimate of drug-likeness (QED) is 0.350. The summed E-state index contributed by atoms with van der Waals surface area (Å²) in [4.78, 5) is 14.1. The van der Waals surface area contributed by atoms with Crippen LogP contribution in [0, 0.1) is 0 Å². The summed E-state index contributed by atoms with van der Waals surface area (Å²) in [5.74, 6) is 1.45. The average Bonchev–Trinajstić information content (AvgIpc) is 3.56. The van der Waals surface area contributed by atoms with E-state index in [-0.39, 0.29) is 25.1 Å². The van der Waals surface area contributed by atoms with Gasteiger partial charge >= 0.3 is 0 Å². The molecule has 2 aromatic heterocycles. The van der Waals surface area contributed by atoms with Crippen LogP contribution in [0.4, 0.5) is 11.4 Å². The van der Waals surface area contributed by atoms with Crippen LogP contribution >= 0.6 is 12.4 Å². The fourth-order valence-corrected chi connectivity index (χ4v) is 4.84. The van der Waals surface area contributed by atoms with Crippen molar-refractivity contribution in [1.82, 2.24) is 24.6 Å². The maximum absolute atomic E-state index is 9.80. The molecular weight excluding hydrogens is 492 g/mol. The van der Waals surface area contributed by atoms with Gasteiger partial charge in [0.15, 0.2) is 0 Å². The van der Waals surface area contributed by atoms with Gasteiger partial charge in [-0.25, -0.2) is 4.98 Å². The van der Waals surface area contributed by atoms with E-state index in [0.717, 1.165) is 77.6 Å². The Bertz CT molecular complexity index is 1320. The largest absolute Gasteiger partial charge is 0.497 e. The predicted octanol–water partition coefficient (Wildman–Crippen LogP) is 4.06. The van der Waals surface area contributed by atoms with Gasteiger partial charge in [-0.2, -0.15) is 5.10 Å². The molecule has 0 amide bonds. The molecule has 1 aliphatic rings. The summed E-state index contributed by atoms with van der Waals surface area (Å²) in [6.45, 7) is 2.74. The Morgan fingerprint density at radius 3 is 2.49 bits per heavy atom. The Kier molecular flexibility index (Phi) is 8.48. The number of rotatable bonds is 9. The fraction of sp³-hybridized carbons (Fsp3) is 0.370. The number of aliphatic hydroxyl groups is 1. The number of hydrogen-bond acceptors (Lipinski definition) is 8. The number of benzene rings is 2. The van der Waals surface area contributed by atoms with Crippen molar-refractivity contribution in [2.45, 2.75) is 18.9 Å². The molecule has 9 nitrogen and oxygen atoms in total. The molecule has 2 aromatic carbocycles. The first-order chi connectivity index (χ1) is 17.6. The van der Waals surface area contributed by atoms with Crippen LogP contribution in [0.15, 0.2) is 55.0 Å². The zero-order chi connectivity index (χ0) is 25.1. The molecule has 1 atom stereocenters. The zero-order valence-electron chi connectivity index (χ0n) is 21.4. The number of nitrogens with zero attached hydrogens (tertiary/aromatic N) is 6. The summed E-state index contributed by atoms with van der Waals surface area (Å²) in [5, 5.41) is 14.1. The second kappa shape index (κ2) is 11.8. The van der Waals surface area contributed by atoms with Crippen LogP contribution in [0.25, 0.3) is 22.3 Å². The molecule has 0 bridgehead atoms. The zero-order valence-corrected chi connectivity index (χ0v) is 22.2. The monoisotopic (exact) mass is 524 g/mol. The molecule has 1 saturated heterocycles. The molecule has 0 unspecified atom stereocenters. The molecule has 1 fully saturated rings. The molecule has 1 aliphatic heterocycles. The molecule has 4 aromatic rings. The van der Waals surface area contributed by atoms with Crippen molar-refractivity contribution < 1.29 is 14.6 Å². The van der Waals surface area contributed by atoms with E-state index in [4.69, 9.17) is 14.5 Å². The first-order valence-corrected chi connectivity index (χ1v) is 12.2. The summed E-state index contributed by atoms with van der Waals surface area (Å²) < 4.78 is 12.9. The van der Waals surface area contributed by atoms with Crippen molar-refractivity contribution >= 4 is 34.8 Å². The van der Waals surface area contributed by atoms with Crippen LogP contribution < -0.4 is 14.4 Å². The number of hydrogen-bond donors (Lipinski definition) is 1. The number of aromatic nitrogens is 4. The number of halogens is 1. The van der Waals surface area contributed by atoms with Crippen LogP contribution in [-0.4, -0.2) is 76.3 Å². The first-order valence-electron chi connectivity index (χ1n) is 12.2. The van der Waals surface area contributed by atoms with Gasteiger partial charge in [0.25, 0.3) is 0 Å². The minimum atomic E-state index is 0. The summed E-state index contributed by atoms with van der Waals surface area (Å²) >= 11 is 0. The van der Waals surface area contributed by atoms with E-state index >= 15 is 0 Å². The van der Waals surface area contributed by atoms with Crippen LogP contribution in [-0.2, 0) is 7.05 Å². The highest BCUT2D eigenvalue weighted by Gasteiger charge is 2.24. The van der Waals surface area contributed by atoms with Gasteiger partial charge in [-0.1, -0.05) is 0 Å². The van der Waals surface area contributed by atoms with Crippen molar-refractivity contribution in [1.29, 1.82) is 0 Å². The Morgan fingerprint density at radius 2 is 1.81 bits per heavy atom. The third kappa shape index (κ3) is 5.79. The van der Waals surface area contributed by atoms with Crippen LogP contribution in [0.1, 0.15) is 12.8 Å². The number of fused-ring (bicyclic) bond motifs is 1. The van der Waals surface area contributed by atoms with E-state index in [2.05, 4.69) is 32.0 Å². The summed E-state index contributed by atoms with van der Waals surface area (Å²) in [6.07, 6.45) is 7.66. The summed E-state index contributed by atoms with van der Waals surface area (Å²) in [6, 6.07) is 12.3. The molecule has 0 aliphatic carbocycles. The van der Waals surface area contributed by atoms with Gasteiger partial charge < -0.3 is 19.5 Å². The minimum Gasteiger partial charge on any atom is -0.497 e. The summed E-state index contributed by atoms with van der Waals surface area (Å²) in [5.41, 5.74) is 5.30. The molecule has 10 heteroatoms. The normalized spacial score (nSPS) is 15.5. The molecule has 0 saturated carbocycles. The van der Waals surface area contributed by atoms with Gasteiger partial charge in [0.1, 0.15) is 11.5 Å². The SMILES string of the molecule is COc1cc(OC)cc(N(CCN2CCC[C@H]2CO)c2ccc3ncc(-c4cnn(C)c4)nc3c2)c1.Cl. The van der Waals surface area contributed by atoms with Crippen molar-refractivity contribution in [3.05, 3.63) is 55.0 Å². The lowest BCUT2D eigenvalue weighted by atomic mass is 10.2. The Morgan fingerprint density at radius 1 is 1.03 bits per heavy atom. The number of ether oxygens (including phenoxy) is 2. The lowest BCUT2D eigenvalue weighted by Crippen LogP contribution is -2.38. The number of likely N-dealkylation sites (tertiary alicyclic amines) is 1. The molecule has 5 rings (SSSR count). The Hall–Kier alpha value is -3.40. The Balaban J connectivity index is 0.00000320. The number of aryl methyl sites for hydroxylation is 1. The van der Waals surface area contributed by atoms with Crippen LogP contribution in [0.3, 0.4) is 0 Å². The molecule has 196 valence electrons. The van der Waals surface area contributed by atoms with Gasteiger partial charge in [-0.15, -0.1) is 12.4 Å². The molecular formula is C27H33ClN6O3. The van der Waals surface area contributed by atoms with Crippen molar-refractivity contribution in [3.63, 3.8) is 0 Å². The van der Waals surface area contributed by atoms with Gasteiger partial charge in [0.2, 0.25) is 0 Å². The second-order valence-electron chi connectivity index (χ2n) is 9.07. The van der Waals surface area contributed by atoms with Crippen molar-refractivity contribution in [2.75, 3.05) is 45.4 Å². The average molecular weight is 525 g/mol. The van der Waals surface area contributed by atoms with Crippen LogP contribution in [0.5, 0.6) is 11.5 Å². The molecule has 0 radical (unpaired) electrons. The maximum atomic E-state index is 9.80. The Labute approximate surface area is 223 Å². The third-order valence-corrected chi connectivity index (χ3v) is 6.81. The maximum Gasteiger partial charge on any atom is 0.124 e. The molecule has 0 spiro atoms. The topological polar surface area (TPSA) is 88.8 Å². The van der Waals surface area contributed by atoms with Crippen molar-refractivity contribution in [3.8, 4) is 22.8 Å². The summed E-state index contributed by atoms with van der Waals surface area (Å²) in [7, 11) is 5.20. The third-order valence-electron chi connectivity index (χ3n) is 6.81. The van der Waals surface area contributed by atoms with Gasteiger partial charge in [-0.3, -0.25) is 14.6 Å². The van der Waals surface area contributed by atoms with Gasteiger partial charge in [0.05, 0.1) is 49.9 Å². The number of methoxy groups -OCH3 is 2. The van der Waals surface area contributed by atoms with Crippen LogP contribution in [0.2, 0.25) is 0 Å². The second-order valence-corrected chi connectivity index (χ2v) is 9.07. The highest BCUT2D eigenvalue weighted by molar-refractivity contribution is 5.85. The highest BCUT2D eigenvalue weighted by atomic mass is 35.5. The van der Waals surface area contributed by atoms with Gasteiger partial charge in [0, 0.05) is 67.5 Å². The number of aliphatic hydroxyl groups excluding tert-OH is 1. The van der Waals surface area contributed by atoms with E-state index in [9.17, 15) is 5.11 Å². The van der Waals surface area contributed by atoms with E-state index in [1.165, 1.54) is 0 Å². The smallest absolute Gasteiger partial charge is 0.124 e. The number of anilines is 2. The minimum absolute atomic E-state index is 0. The fourth-order valence-electron chi connectivity index (χ4n) is 4.84. The predicted molar refractivity (Wildman–Crippen MR) is 147 cm³/mol. The van der Waals surface area contributed by atoms with E-state index in [0.29, 0.717) is 0 Å². The van der Waals surface area contributed by atoms with E-state index < -0.39 is 0 Å².